The van der Waals surface area contributed by atoms with Crippen LogP contribution in [0.1, 0.15) is 27.2 Å². The Morgan fingerprint density at radius 2 is 2.26 bits per heavy atom. The second kappa shape index (κ2) is 8.43. The first-order valence-corrected chi connectivity index (χ1v) is 7.65. The number of methoxy groups -OCH3 is 1. The van der Waals surface area contributed by atoms with Crippen LogP contribution >= 0.6 is 11.8 Å². The van der Waals surface area contributed by atoms with E-state index in [1.165, 1.54) is 0 Å². The summed E-state index contributed by atoms with van der Waals surface area (Å²) in [5, 5.41) is 7.42. The number of amides is 1. The van der Waals surface area contributed by atoms with Crippen molar-refractivity contribution in [3.05, 3.63) is 0 Å². The first-order chi connectivity index (χ1) is 9.02. The van der Waals surface area contributed by atoms with E-state index in [4.69, 9.17) is 4.74 Å². The van der Waals surface area contributed by atoms with Gasteiger partial charge in [-0.2, -0.15) is 0 Å². The largest absolute Gasteiger partial charge is 0.383 e. The van der Waals surface area contributed by atoms with E-state index in [-0.39, 0.29) is 11.9 Å². The Hall–Kier alpha value is -0.750. The van der Waals surface area contributed by atoms with Gasteiger partial charge in [-0.05, 0) is 19.3 Å². The quantitative estimate of drug-likeness (QED) is 0.692. The molecule has 0 saturated carbocycles. The zero-order valence-corrected chi connectivity index (χ0v) is 13.0. The average Bonchev–Trinajstić information content (AvgIpc) is 2.75. The smallest absolute Gasteiger partial charge is 0.242 e. The third kappa shape index (κ3) is 6.29. The molecule has 2 atom stereocenters. The van der Waals surface area contributed by atoms with Crippen molar-refractivity contribution >= 4 is 22.8 Å². The number of ether oxygens (including phenoxy) is 1. The summed E-state index contributed by atoms with van der Waals surface area (Å²) in [7, 11) is 1.62. The van der Waals surface area contributed by atoms with E-state index in [0.29, 0.717) is 24.3 Å². The van der Waals surface area contributed by atoms with Crippen molar-refractivity contribution in [1.82, 2.24) is 10.6 Å². The molecule has 0 aliphatic carbocycles. The molecule has 19 heavy (non-hydrogen) atoms. The van der Waals surface area contributed by atoms with Crippen LogP contribution in [0.2, 0.25) is 0 Å². The molecular formula is C13H25N3O2S. The summed E-state index contributed by atoms with van der Waals surface area (Å²) >= 11 is 1.75. The van der Waals surface area contributed by atoms with Crippen molar-refractivity contribution < 1.29 is 9.53 Å². The fourth-order valence-corrected chi connectivity index (χ4v) is 3.17. The Balaban J connectivity index is 2.26. The van der Waals surface area contributed by atoms with Gasteiger partial charge >= 0.3 is 0 Å². The number of nitrogens with one attached hydrogen (secondary N) is 2. The summed E-state index contributed by atoms with van der Waals surface area (Å²) in [5.41, 5.74) is 0. The fourth-order valence-electron chi connectivity index (χ4n) is 1.83. The highest BCUT2D eigenvalue weighted by molar-refractivity contribution is 8.14. The molecule has 5 nitrogen and oxygen atoms in total. The SMILES string of the molecule is COCCNC(=O)C(C)NC1=NCC(CC(C)C)S1. The van der Waals surface area contributed by atoms with Gasteiger partial charge in [0, 0.05) is 18.9 Å². The monoisotopic (exact) mass is 287 g/mol. The van der Waals surface area contributed by atoms with Crippen LogP contribution in [0.4, 0.5) is 0 Å². The van der Waals surface area contributed by atoms with Gasteiger partial charge in [0.1, 0.15) is 6.04 Å². The van der Waals surface area contributed by atoms with E-state index in [1.807, 2.05) is 6.92 Å². The van der Waals surface area contributed by atoms with Crippen LogP contribution in [-0.2, 0) is 9.53 Å². The van der Waals surface area contributed by atoms with Crippen molar-refractivity contribution in [2.75, 3.05) is 26.8 Å². The highest BCUT2D eigenvalue weighted by Crippen LogP contribution is 2.25. The topological polar surface area (TPSA) is 62.7 Å². The Kier molecular flexibility index (Phi) is 7.23. The molecule has 0 spiro atoms. The Morgan fingerprint density at radius 1 is 1.53 bits per heavy atom. The molecule has 0 radical (unpaired) electrons. The number of hydrogen-bond donors (Lipinski definition) is 2. The second-order valence-electron chi connectivity index (χ2n) is 5.17. The third-order valence-corrected chi connectivity index (χ3v) is 3.93. The zero-order chi connectivity index (χ0) is 14.3. The van der Waals surface area contributed by atoms with Crippen molar-refractivity contribution in [1.29, 1.82) is 0 Å². The number of carbonyl (C=O) groups is 1. The molecule has 0 saturated heterocycles. The summed E-state index contributed by atoms with van der Waals surface area (Å²) in [6.07, 6.45) is 1.16. The number of nitrogens with zero attached hydrogens (tertiary/aromatic N) is 1. The van der Waals surface area contributed by atoms with Gasteiger partial charge in [-0.25, -0.2) is 0 Å². The van der Waals surface area contributed by atoms with Gasteiger partial charge in [-0.3, -0.25) is 9.79 Å². The van der Waals surface area contributed by atoms with Crippen LogP contribution in [0.25, 0.3) is 0 Å². The lowest BCUT2D eigenvalue weighted by Gasteiger charge is -2.15. The molecule has 2 N–H and O–H groups in total. The number of amidine groups is 1. The van der Waals surface area contributed by atoms with Crippen molar-refractivity contribution in [2.24, 2.45) is 10.9 Å². The lowest BCUT2D eigenvalue weighted by molar-refractivity contribution is -0.122. The van der Waals surface area contributed by atoms with Gasteiger partial charge in [-0.1, -0.05) is 25.6 Å². The van der Waals surface area contributed by atoms with Crippen LogP contribution in [0, 0.1) is 5.92 Å². The Bertz CT molecular complexity index is 321. The highest BCUT2D eigenvalue weighted by atomic mass is 32.2. The first-order valence-electron chi connectivity index (χ1n) is 6.77. The molecule has 0 aromatic carbocycles. The second-order valence-corrected chi connectivity index (χ2v) is 6.45. The predicted molar refractivity (Wildman–Crippen MR) is 80.6 cm³/mol. The minimum Gasteiger partial charge on any atom is -0.383 e. The normalized spacial score (nSPS) is 20.3. The maximum Gasteiger partial charge on any atom is 0.242 e. The lowest BCUT2D eigenvalue weighted by atomic mass is 10.1. The lowest BCUT2D eigenvalue weighted by Crippen LogP contribution is -2.44. The molecule has 1 amide bonds. The molecule has 1 rings (SSSR count). The molecule has 0 fully saturated rings. The third-order valence-electron chi connectivity index (χ3n) is 2.79. The minimum atomic E-state index is -0.263. The standard InChI is InChI=1S/C13H25N3O2S/c1-9(2)7-11-8-15-13(19-11)16-10(3)12(17)14-5-6-18-4/h9-11H,5-8H2,1-4H3,(H,14,17)(H,15,16). The van der Waals surface area contributed by atoms with Crippen molar-refractivity contribution in [3.8, 4) is 0 Å². The predicted octanol–water partition coefficient (Wildman–Crippen LogP) is 1.24. The van der Waals surface area contributed by atoms with Gasteiger partial charge in [-0.15, -0.1) is 0 Å². The molecule has 1 heterocycles. The molecular weight excluding hydrogens is 262 g/mol. The number of aliphatic imine (C=N–C) groups is 1. The number of carbonyl (C=O) groups excluding carboxylic acids is 1. The number of hydrogen-bond acceptors (Lipinski definition) is 5. The van der Waals surface area contributed by atoms with Crippen LogP contribution in [0.3, 0.4) is 0 Å². The van der Waals surface area contributed by atoms with Gasteiger partial charge in [0.05, 0.1) is 13.2 Å². The maximum atomic E-state index is 11.8. The van der Waals surface area contributed by atoms with Crippen molar-refractivity contribution in [2.45, 2.75) is 38.5 Å². The Labute approximate surface area is 120 Å². The Morgan fingerprint density at radius 3 is 2.89 bits per heavy atom. The number of rotatable bonds is 7. The van der Waals surface area contributed by atoms with Gasteiger partial charge in [0.2, 0.25) is 5.91 Å². The average molecular weight is 287 g/mol. The summed E-state index contributed by atoms with van der Waals surface area (Å²) in [5.74, 6) is 0.662. The van der Waals surface area contributed by atoms with E-state index in [9.17, 15) is 4.79 Å². The molecule has 0 aromatic rings. The van der Waals surface area contributed by atoms with E-state index >= 15 is 0 Å². The van der Waals surface area contributed by atoms with Gasteiger partial charge in [0.15, 0.2) is 5.17 Å². The maximum absolute atomic E-state index is 11.8. The minimum absolute atomic E-state index is 0.0207. The molecule has 0 bridgehead atoms. The summed E-state index contributed by atoms with van der Waals surface area (Å²) in [6.45, 7) is 8.21. The molecule has 0 aromatic heterocycles. The fraction of sp³-hybridized carbons (Fsp3) is 0.846. The van der Waals surface area contributed by atoms with Gasteiger partial charge in [0.25, 0.3) is 0 Å². The molecule has 1 aliphatic heterocycles. The molecule has 1 aliphatic rings. The van der Waals surface area contributed by atoms with E-state index < -0.39 is 0 Å². The van der Waals surface area contributed by atoms with Crippen molar-refractivity contribution in [3.63, 3.8) is 0 Å². The van der Waals surface area contributed by atoms with Gasteiger partial charge < -0.3 is 15.4 Å². The summed E-state index contributed by atoms with van der Waals surface area (Å²) in [4.78, 5) is 16.2. The molecule has 110 valence electrons. The summed E-state index contributed by atoms with van der Waals surface area (Å²) < 4.78 is 4.89. The summed E-state index contributed by atoms with van der Waals surface area (Å²) in [6, 6.07) is -0.263. The molecule has 2 unspecified atom stereocenters. The van der Waals surface area contributed by atoms with E-state index in [1.54, 1.807) is 18.9 Å². The first kappa shape index (κ1) is 16.3. The van der Waals surface area contributed by atoms with Crippen LogP contribution in [0.15, 0.2) is 4.99 Å². The molecule has 6 heteroatoms. The zero-order valence-electron chi connectivity index (χ0n) is 12.2. The highest BCUT2D eigenvalue weighted by Gasteiger charge is 2.23. The van der Waals surface area contributed by atoms with Crippen LogP contribution in [0.5, 0.6) is 0 Å². The number of thioether (sulfide) groups is 1. The van der Waals surface area contributed by atoms with E-state index in [0.717, 1.165) is 18.1 Å². The van der Waals surface area contributed by atoms with E-state index in [2.05, 4.69) is 29.5 Å². The van der Waals surface area contributed by atoms with Crippen LogP contribution in [-0.4, -0.2) is 49.2 Å². The van der Waals surface area contributed by atoms with Crippen LogP contribution < -0.4 is 10.6 Å².